The van der Waals surface area contributed by atoms with Crippen molar-refractivity contribution in [3.8, 4) is 33.9 Å². The van der Waals surface area contributed by atoms with Gasteiger partial charge in [-0.1, -0.05) is 80.6 Å². The second-order valence-electron chi connectivity index (χ2n) is 7.43. The molecule has 0 spiro atoms. The van der Waals surface area contributed by atoms with E-state index in [-0.39, 0.29) is 5.41 Å². The molecule has 1 heterocycles. The summed E-state index contributed by atoms with van der Waals surface area (Å²) in [5.74, 6) is 1.40. The van der Waals surface area contributed by atoms with E-state index in [1.807, 2.05) is 30.3 Å². The highest BCUT2D eigenvalue weighted by Crippen LogP contribution is 2.49. The van der Waals surface area contributed by atoms with Gasteiger partial charge in [0.1, 0.15) is 6.33 Å². The summed E-state index contributed by atoms with van der Waals surface area (Å²) < 4.78 is 0. The average molecular weight is 349 g/mol. The molecule has 0 bridgehead atoms. The molecule has 5 rings (SSSR count). The Labute approximate surface area is 158 Å². The van der Waals surface area contributed by atoms with Gasteiger partial charge >= 0.3 is 0 Å². The zero-order valence-electron chi connectivity index (χ0n) is 15.3. The zero-order valence-corrected chi connectivity index (χ0v) is 15.3. The third-order valence-corrected chi connectivity index (χ3v) is 5.45. The summed E-state index contributed by atoms with van der Waals surface area (Å²) in [6, 6.07) is 25.2. The van der Waals surface area contributed by atoms with Gasteiger partial charge in [0.2, 0.25) is 0 Å². The van der Waals surface area contributed by atoms with E-state index in [2.05, 4.69) is 66.3 Å². The number of nitrogens with zero attached hydrogens (tertiary/aromatic N) is 3. The van der Waals surface area contributed by atoms with Gasteiger partial charge in [-0.25, -0.2) is 15.0 Å². The van der Waals surface area contributed by atoms with E-state index in [1.54, 1.807) is 6.33 Å². The number of rotatable bonds is 2. The third kappa shape index (κ3) is 2.47. The molecule has 130 valence electrons. The van der Waals surface area contributed by atoms with Crippen LogP contribution in [0.25, 0.3) is 33.9 Å². The minimum absolute atomic E-state index is 0.0305. The molecule has 0 saturated carbocycles. The minimum atomic E-state index is -0.0305. The van der Waals surface area contributed by atoms with Crippen LogP contribution in [0.1, 0.15) is 25.0 Å². The molecule has 0 aliphatic heterocycles. The van der Waals surface area contributed by atoms with Crippen molar-refractivity contribution in [3.63, 3.8) is 0 Å². The van der Waals surface area contributed by atoms with E-state index in [0.29, 0.717) is 11.6 Å². The Balaban J connectivity index is 1.63. The first-order chi connectivity index (χ1) is 13.1. The Hall–Kier alpha value is -3.33. The van der Waals surface area contributed by atoms with Crippen molar-refractivity contribution in [2.45, 2.75) is 19.3 Å². The van der Waals surface area contributed by atoms with E-state index >= 15 is 0 Å². The number of benzene rings is 3. The van der Waals surface area contributed by atoms with Gasteiger partial charge in [0, 0.05) is 16.5 Å². The number of aromatic nitrogens is 3. The molecule has 1 aliphatic rings. The molecule has 1 aromatic heterocycles. The maximum absolute atomic E-state index is 4.71. The molecule has 0 N–H and O–H groups in total. The fraction of sp³-hybridized carbons (Fsp3) is 0.125. The summed E-state index contributed by atoms with van der Waals surface area (Å²) >= 11 is 0. The molecule has 3 aromatic carbocycles. The van der Waals surface area contributed by atoms with Crippen LogP contribution < -0.4 is 0 Å². The van der Waals surface area contributed by atoms with E-state index in [1.165, 1.54) is 22.3 Å². The Kier molecular flexibility index (Phi) is 3.44. The summed E-state index contributed by atoms with van der Waals surface area (Å²) in [6.45, 7) is 4.56. The van der Waals surface area contributed by atoms with Crippen LogP contribution in [0.5, 0.6) is 0 Å². The van der Waals surface area contributed by atoms with Crippen LogP contribution in [0.2, 0.25) is 0 Å². The van der Waals surface area contributed by atoms with Crippen LogP contribution in [0.15, 0.2) is 79.1 Å². The smallest absolute Gasteiger partial charge is 0.163 e. The van der Waals surface area contributed by atoms with Crippen molar-refractivity contribution in [2.24, 2.45) is 0 Å². The van der Waals surface area contributed by atoms with Gasteiger partial charge in [-0.3, -0.25) is 0 Å². The van der Waals surface area contributed by atoms with Gasteiger partial charge in [0.25, 0.3) is 0 Å². The second kappa shape index (κ2) is 5.85. The number of hydrogen-bond donors (Lipinski definition) is 0. The maximum Gasteiger partial charge on any atom is 0.163 e. The van der Waals surface area contributed by atoms with Crippen molar-refractivity contribution < 1.29 is 0 Å². The molecule has 1 aliphatic carbocycles. The number of hydrogen-bond acceptors (Lipinski definition) is 3. The highest BCUT2D eigenvalue weighted by Gasteiger charge is 2.35. The third-order valence-electron chi connectivity index (χ3n) is 5.45. The molecule has 0 amide bonds. The van der Waals surface area contributed by atoms with Crippen molar-refractivity contribution in [1.82, 2.24) is 15.0 Å². The van der Waals surface area contributed by atoms with Gasteiger partial charge < -0.3 is 0 Å². The standard InChI is InChI=1S/C24H19N3/c1-24(2)20-11-7-6-10-18(20)19-13-12-17(14-21(19)24)23-26-15-25-22(27-23)16-8-4-3-5-9-16/h3-15H,1-2H3. The van der Waals surface area contributed by atoms with E-state index in [0.717, 1.165) is 11.1 Å². The molecular weight excluding hydrogens is 330 g/mol. The van der Waals surface area contributed by atoms with Gasteiger partial charge in [-0.05, 0) is 28.3 Å². The highest BCUT2D eigenvalue weighted by molar-refractivity contribution is 5.82. The van der Waals surface area contributed by atoms with E-state index in [9.17, 15) is 0 Å². The predicted molar refractivity (Wildman–Crippen MR) is 108 cm³/mol. The van der Waals surface area contributed by atoms with Crippen LogP contribution in [-0.4, -0.2) is 15.0 Å². The lowest BCUT2D eigenvalue weighted by Gasteiger charge is -2.21. The van der Waals surface area contributed by atoms with Crippen molar-refractivity contribution in [3.05, 3.63) is 90.3 Å². The Morgan fingerprint density at radius 1 is 0.630 bits per heavy atom. The summed E-state index contributed by atoms with van der Waals surface area (Å²) in [4.78, 5) is 13.5. The molecule has 27 heavy (non-hydrogen) atoms. The van der Waals surface area contributed by atoms with Crippen molar-refractivity contribution in [2.75, 3.05) is 0 Å². The minimum Gasteiger partial charge on any atom is -0.217 e. The van der Waals surface area contributed by atoms with E-state index in [4.69, 9.17) is 4.98 Å². The largest absolute Gasteiger partial charge is 0.217 e. The fourth-order valence-electron chi connectivity index (χ4n) is 4.01. The molecule has 0 fully saturated rings. The lowest BCUT2D eigenvalue weighted by molar-refractivity contribution is 0.660. The van der Waals surface area contributed by atoms with Crippen molar-refractivity contribution in [1.29, 1.82) is 0 Å². The monoisotopic (exact) mass is 349 g/mol. The lowest BCUT2D eigenvalue weighted by Crippen LogP contribution is -2.15. The molecule has 3 nitrogen and oxygen atoms in total. The average Bonchev–Trinajstić information content (AvgIpc) is 2.96. The number of fused-ring (bicyclic) bond motifs is 3. The molecule has 0 radical (unpaired) electrons. The van der Waals surface area contributed by atoms with Crippen LogP contribution in [0, 0.1) is 0 Å². The summed E-state index contributed by atoms with van der Waals surface area (Å²) in [7, 11) is 0. The zero-order chi connectivity index (χ0) is 18.4. The highest BCUT2D eigenvalue weighted by atomic mass is 15.0. The van der Waals surface area contributed by atoms with Crippen LogP contribution >= 0.6 is 0 Å². The fourth-order valence-corrected chi connectivity index (χ4v) is 4.01. The lowest BCUT2D eigenvalue weighted by atomic mass is 9.82. The van der Waals surface area contributed by atoms with Gasteiger partial charge in [0.05, 0.1) is 0 Å². The van der Waals surface area contributed by atoms with Crippen LogP contribution in [0.4, 0.5) is 0 Å². The van der Waals surface area contributed by atoms with Crippen LogP contribution in [0.3, 0.4) is 0 Å². The summed E-state index contributed by atoms with van der Waals surface area (Å²) in [6.07, 6.45) is 1.60. The first-order valence-corrected chi connectivity index (χ1v) is 9.14. The Bertz CT molecular complexity index is 1150. The van der Waals surface area contributed by atoms with Gasteiger partial charge in [0.15, 0.2) is 11.6 Å². The first kappa shape index (κ1) is 15.9. The Morgan fingerprint density at radius 3 is 2.11 bits per heavy atom. The maximum atomic E-state index is 4.71. The van der Waals surface area contributed by atoms with E-state index < -0.39 is 0 Å². The summed E-state index contributed by atoms with van der Waals surface area (Å²) in [5, 5.41) is 0. The quantitative estimate of drug-likeness (QED) is 0.479. The van der Waals surface area contributed by atoms with Gasteiger partial charge in [-0.15, -0.1) is 0 Å². The van der Waals surface area contributed by atoms with Gasteiger partial charge in [-0.2, -0.15) is 0 Å². The molecule has 3 heteroatoms. The SMILES string of the molecule is CC1(C)c2ccccc2-c2ccc(-c3ncnc(-c4ccccc4)n3)cc21. The molecule has 0 saturated heterocycles. The summed E-state index contributed by atoms with van der Waals surface area (Å²) in [5.41, 5.74) is 7.31. The topological polar surface area (TPSA) is 38.7 Å². The normalized spacial score (nSPS) is 13.9. The van der Waals surface area contributed by atoms with Crippen LogP contribution in [-0.2, 0) is 5.41 Å². The Morgan fingerprint density at radius 2 is 1.30 bits per heavy atom. The predicted octanol–water partition coefficient (Wildman–Crippen LogP) is 5.51. The molecule has 0 unspecified atom stereocenters. The molecular formula is C24H19N3. The van der Waals surface area contributed by atoms with Crippen molar-refractivity contribution >= 4 is 0 Å². The molecule has 4 aromatic rings. The second-order valence-corrected chi connectivity index (χ2v) is 7.43. The molecule has 0 atom stereocenters. The first-order valence-electron chi connectivity index (χ1n) is 9.14.